The summed E-state index contributed by atoms with van der Waals surface area (Å²) < 4.78 is 32.0. The molecule has 0 radical (unpaired) electrons. The van der Waals surface area contributed by atoms with Crippen LogP contribution in [0, 0.1) is 0 Å². The quantitative estimate of drug-likeness (QED) is 0.557. The van der Waals surface area contributed by atoms with Crippen LogP contribution in [-0.2, 0) is 14.3 Å². The maximum atomic E-state index is 12.2. The molecule has 1 atom stereocenters. The van der Waals surface area contributed by atoms with E-state index >= 15 is 0 Å². The summed E-state index contributed by atoms with van der Waals surface area (Å²) in [6.45, 7) is 0.795. The number of benzene rings is 2. The molecule has 1 amide bonds. The minimum atomic E-state index is -0.615. The van der Waals surface area contributed by atoms with Crippen molar-refractivity contribution >= 4 is 17.6 Å². The monoisotopic (exact) mass is 445 g/mol. The zero-order valence-corrected chi connectivity index (χ0v) is 18.3. The molecule has 1 fully saturated rings. The molecule has 2 aromatic carbocycles. The van der Waals surface area contributed by atoms with E-state index in [0.717, 1.165) is 19.4 Å². The van der Waals surface area contributed by atoms with Gasteiger partial charge in [-0.2, -0.15) is 0 Å². The van der Waals surface area contributed by atoms with Crippen molar-refractivity contribution < 1.29 is 38.0 Å². The summed E-state index contributed by atoms with van der Waals surface area (Å²) in [5, 5.41) is 2.64. The van der Waals surface area contributed by atoms with Crippen LogP contribution in [0.15, 0.2) is 36.4 Å². The summed E-state index contributed by atoms with van der Waals surface area (Å²) in [5.74, 6) is 0.696. The summed E-state index contributed by atoms with van der Waals surface area (Å²) in [6.07, 6.45) is 2.15. The van der Waals surface area contributed by atoms with Gasteiger partial charge in [0.15, 0.2) is 18.1 Å². The number of carbonyl (C=O) groups excluding carboxylic acids is 2. The van der Waals surface area contributed by atoms with E-state index in [0.29, 0.717) is 40.9 Å². The van der Waals surface area contributed by atoms with Gasteiger partial charge in [0, 0.05) is 24.4 Å². The first kappa shape index (κ1) is 23.2. The van der Waals surface area contributed by atoms with Crippen molar-refractivity contribution in [2.45, 2.75) is 18.9 Å². The van der Waals surface area contributed by atoms with Crippen LogP contribution in [0.25, 0.3) is 0 Å². The lowest BCUT2D eigenvalue weighted by atomic mass is 10.2. The van der Waals surface area contributed by atoms with Crippen LogP contribution in [0.3, 0.4) is 0 Å². The average molecular weight is 445 g/mol. The number of hydrogen-bond acceptors (Lipinski definition) is 8. The first-order valence-electron chi connectivity index (χ1n) is 10.2. The van der Waals surface area contributed by atoms with Crippen LogP contribution in [0.4, 0.5) is 5.69 Å². The Bertz CT molecular complexity index is 897. The number of rotatable bonds is 10. The van der Waals surface area contributed by atoms with Crippen LogP contribution in [0.1, 0.15) is 23.2 Å². The van der Waals surface area contributed by atoms with Crippen molar-refractivity contribution in [3.05, 3.63) is 42.0 Å². The number of esters is 1. The van der Waals surface area contributed by atoms with Crippen LogP contribution < -0.4 is 24.3 Å². The van der Waals surface area contributed by atoms with Crippen LogP contribution in [0.2, 0.25) is 0 Å². The third-order valence-corrected chi connectivity index (χ3v) is 4.83. The molecule has 0 spiro atoms. The van der Waals surface area contributed by atoms with Gasteiger partial charge in [0.2, 0.25) is 5.75 Å². The number of carbonyl (C=O) groups is 2. The molecule has 2 aromatic rings. The fraction of sp³-hybridized carbons (Fsp3) is 0.391. The van der Waals surface area contributed by atoms with Gasteiger partial charge in [-0.15, -0.1) is 0 Å². The fourth-order valence-corrected chi connectivity index (χ4v) is 3.22. The molecule has 1 saturated heterocycles. The molecule has 1 heterocycles. The molecule has 0 bridgehead atoms. The number of anilines is 1. The maximum absolute atomic E-state index is 12.2. The highest BCUT2D eigenvalue weighted by Gasteiger charge is 2.17. The summed E-state index contributed by atoms with van der Waals surface area (Å²) >= 11 is 0. The van der Waals surface area contributed by atoms with Gasteiger partial charge < -0.3 is 33.7 Å². The number of ether oxygens (including phenoxy) is 6. The summed E-state index contributed by atoms with van der Waals surface area (Å²) in [7, 11) is 4.44. The minimum absolute atomic E-state index is 0.115. The Kier molecular flexibility index (Phi) is 8.15. The van der Waals surface area contributed by atoms with E-state index in [1.54, 1.807) is 36.4 Å². The third-order valence-electron chi connectivity index (χ3n) is 4.83. The largest absolute Gasteiger partial charge is 0.493 e. The predicted octanol–water partition coefficient (Wildman–Crippen LogP) is 3.07. The molecule has 0 saturated carbocycles. The Morgan fingerprint density at radius 1 is 1.03 bits per heavy atom. The lowest BCUT2D eigenvalue weighted by Crippen LogP contribution is -2.21. The lowest BCUT2D eigenvalue weighted by molar-refractivity contribution is -0.119. The van der Waals surface area contributed by atoms with Gasteiger partial charge in [-0.1, -0.05) is 0 Å². The minimum Gasteiger partial charge on any atom is -0.493 e. The van der Waals surface area contributed by atoms with E-state index < -0.39 is 18.5 Å². The zero-order chi connectivity index (χ0) is 22.9. The van der Waals surface area contributed by atoms with Gasteiger partial charge in [0.1, 0.15) is 12.4 Å². The van der Waals surface area contributed by atoms with Crippen molar-refractivity contribution in [3.63, 3.8) is 0 Å². The molecule has 9 nitrogen and oxygen atoms in total. The molecule has 1 N–H and O–H groups in total. The highest BCUT2D eigenvalue weighted by molar-refractivity contribution is 5.96. The fourth-order valence-electron chi connectivity index (χ4n) is 3.22. The molecule has 172 valence electrons. The predicted molar refractivity (Wildman–Crippen MR) is 116 cm³/mol. The first-order valence-corrected chi connectivity index (χ1v) is 10.2. The molecule has 0 aromatic heterocycles. The van der Waals surface area contributed by atoms with Gasteiger partial charge >= 0.3 is 5.97 Å². The smallest absolute Gasteiger partial charge is 0.338 e. The van der Waals surface area contributed by atoms with Gasteiger partial charge in [-0.3, -0.25) is 4.79 Å². The van der Waals surface area contributed by atoms with Crippen molar-refractivity contribution in [1.82, 2.24) is 0 Å². The molecule has 0 aliphatic carbocycles. The Hall–Kier alpha value is -3.46. The van der Waals surface area contributed by atoms with Gasteiger partial charge in [0.05, 0.1) is 33.0 Å². The Morgan fingerprint density at radius 2 is 1.72 bits per heavy atom. The number of nitrogens with one attached hydrogen (secondary N) is 1. The topological polar surface area (TPSA) is 102 Å². The van der Waals surface area contributed by atoms with E-state index in [9.17, 15) is 9.59 Å². The summed E-state index contributed by atoms with van der Waals surface area (Å²) in [5.41, 5.74) is 0.725. The van der Waals surface area contributed by atoms with Crippen LogP contribution >= 0.6 is 0 Å². The Morgan fingerprint density at radius 3 is 2.28 bits per heavy atom. The van der Waals surface area contributed by atoms with E-state index in [1.165, 1.54) is 21.3 Å². The lowest BCUT2D eigenvalue weighted by Gasteiger charge is -2.14. The zero-order valence-electron chi connectivity index (χ0n) is 18.3. The Labute approximate surface area is 186 Å². The molecular formula is C23H27NO8. The van der Waals surface area contributed by atoms with Crippen molar-refractivity contribution in [1.29, 1.82) is 0 Å². The van der Waals surface area contributed by atoms with E-state index in [1.807, 2.05) is 0 Å². The third kappa shape index (κ3) is 6.04. The molecular weight excluding hydrogens is 418 g/mol. The average Bonchev–Trinajstić information content (AvgIpc) is 3.34. The number of amides is 1. The molecule has 9 heteroatoms. The second kappa shape index (κ2) is 11.2. The second-order valence-corrected chi connectivity index (χ2v) is 7.01. The van der Waals surface area contributed by atoms with Gasteiger partial charge in [0.25, 0.3) is 5.91 Å². The van der Waals surface area contributed by atoms with E-state index in [2.05, 4.69) is 5.32 Å². The normalized spacial score (nSPS) is 15.0. The maximum Gasteiger partial charge on any atom is 0.338 e. The SMILES string of the molecule is COc1cc(NC(=O)COC(=O)c2ccc(OC[C@H]3CCCO3)cc2)cc(OC)c1OC. The van der Waals surface area contributed by atoms with E-state index in [4.69, 9.17) is 28.4 Å². The highest BCUT2D eigenvalue weighted by atomic mass is 16.5. The van der Waals surface area contributed by atoms with Gasteiger partial charge in [-0.05, 0) is 37.1 Å². The second-order valence-electron chi connectivity index (χ2n) is 7.01. The number of hydrogen-bond donors (Lipinski definition) is 1. The molecule has 1 aliphatic heterocycles. The number of methoxy groups -OCH3 is 3. The Balaban J connectivity index is 1.50. The van der Waals surface area contributed by atoms with Crippen molar-refractivity contribution in [2.75, 3.05) is 46.5 Å². The molecule has 1 aliphatic rings. The first-order chi connectivity index (χ1) is 15.5. The van der Waals surface area contributed by atoms with Crippen LogP contribution in [-0.4, -0.2) is 59.1 Å². The highest BCUT2D eigenvalue weighted by Crippen LogP contribution is 2.39. The van der Waals surface area contributed by atoms with Crippen molar-refractivity contribution in [2.24, 2.45) is 0 Å². The standard InChI is InChI=1S/C23H27NO8/c1-27-19-11-16(12-20(28-2)22(19)29-3)24-21(25)14-32-23(26)15-6-8-17(9-7-15)31-13-18-5-4-10-30-18/h6-9,11-12,18H,4-5,10,13-14H2,1-3H3,(H,24,25)/t18-/m1/s1. The van der Waals surface area contributed by atoms with Crippen LogP contribution in [0.5, 0.6) is 23.0 Å². The van der Waals surface area contributed by atoms with Gasteiger partial charge in [-0.25, -0.2) is 4.79 Å². The molecule has 0 unspecified atom stereocenters. The summed E-state index contributed by atoms with van der Waals surface area (Å²) in [4.78, 5) is 24.5. The molecule has 32 heavy (non-hydrogen) atoms. The molecule has 3 rings (SSSR count). The van der Waals surface area contributed by atoms with Crippen molar-refractivity contribution in [3.8, 4) is 23.0 Å². The summed E-state index contributed by atoms with van der Waals surface area (Å²) in [6, 6.07) is 9.70. The van der Waals surface area contributed by atoms with E-state index in [-0.39, 0.29) is 6.10 Å².